The van der Waals surface area contributed by atoms with Crippen molar-refractivity contribution in [3.05, 3.63) is 71.0 Å². The lowest BCUT2D eigenvalue weighted by molar-refractivity contribution is -0.145. The zero-order chi connectivity index (χ0) is 19.7. The summed E-state index contributed by atoms with van der Waals surface area (Å²) < 4.78 is 45.4. The van der Waals surface area contributed by atoms with E-state index < -0.39 is 27.0 Å². The summed E-state index contributed by atoms with van der Waals surface area (Å²) in [6, 6.07) is 13.8. The number of hydrogen-bond donors (Lipinski definition) is 0. The van der Waals surface area contributed by atoms with Gasteiger partial charge in [-0.3, -0.25) is 4.79 Å². The first-order valence-corrected chi connectivity index (χ1v) is 11.1. The van der Waals surface area contributed by atoms with Crippen LogP contribution in [0.5, 0.6) is 0 Å². The van der Waals surface area contributed by atoms with Crippen LogP contribution in [0.4, 0.5) is 4.39 Å². The molecule has 4 rings (SSSR count). The molecular weight excluding hydrogens is 381 g/mol. The van der Waals surface area contributed by atoms with Gasteiger partial charge < -0.3 is 9.64 Å². The lowest BCUT2D eigenvalue weighted by Gasteiger charge is -2.29. The van der Waals surface area contributed by atoms with Gasteiger partial charge in [-0.25, -0.2) is 12.8 Å². The third kappa shape index (κ3) is 3.69. The molecule has 1 fully saturated rings. The first-order valence-electron chi connectivity index (χ1n) is 9.39. The SMILES string of the molecule is O=C([C@H]1Cc2ccccc2CO1)N1CC[C@@H](c2ccccc2F)S(=O)(=O)CC1. The van der Waals surface area contributed by atoms with E-state index in [2.05, 4.69) is 0 Å². The standard InChI is InChI=1S/C21H22FNO4S/c22-18-8-4-3-7-17(18)20-9-10-23(11-12-28(20,25)26)21(24)19-13-15-5-1-2-6-16(15)14-27-19/h1-8,19-20H,9-14H2/t19-,20+/m1/s1. The number of amides is 1. The average molecular weight is 403 g/mol. The summed E-state index contributed by atoms with van der Waals surface area (Å²) in [5, 5.41) is -0.931. The number of carbonyl (C=O) groups excluding carboxylic acids is 1. The third-order valence-corrected chi connectivity index (χ3v) is 7.65. The number of ether oxygens (including phenoxy) is 1. The minimum absolute atomic E-state index is 0.105. The molecule has 2 aromatic carbocycles. The second-order valence-electron chi connectivity index (χ2n) is 7.26. The van der Waals surface area contributed by atoms with Crippen molar-refractivity contribution in [2.75, 3.05) is 18.8 Å². The maximum absolute atomic E-state index is 14.2. The van der Waals surface area contributed by atoms with Gasteiger partial charge >= 0.3 is 0 Å². The van der Waals surface area contributed by atoms with Gasteiger partial charge in [-0.05, 0) is 23.6 Å². The summed E-state index contributed by atoms with van der Waals surface area (Å²) >= 11 is 0. The van der Waals surface area contributed by atoms with E-state index in [1.807, 2.05) is 24.3 Å². The number of rotatable bonds is 2. The van der Waals surface area contributed by atoms with E-state index in [9.17, 15) is 17.6 Å². The van der Waals surface area contributed by atoms with Crippen molar-refractivity contribution in [1.82, 2.24) is 4.90 Å². The van der Waals surface area contributed by atoms with Crippen LogP contribution in [0, 0.1) is 5.82 Å². The molecule has 0 radical (unpaired) electrons. The van der Waals surface area contributed by atoms with Gasteiger partial charge in [-0.15, -0.1) is 0 Å². The Kier molecular flexibility index (Phi) is 5.21. The Labute approximate surface area is 164 Å². The van der Waals surface area contributed by atoms with E-state index in [-0.39, 0.29) is 36.7 Å². The highest BCUT2D eigenvalue weighted by Gasteiger charge is 2.36. The Morgan fingerprint density at radius 3 is 2.54 bits per heavy atom. The molecule has 0 bridgehead atoms. The number of nitrogens with zero attached hydrogens (tertiary/aromatic N) is 1. The highest BCUT2D eigenvalue weighted by atomic mass is 32.2. The molecule has 0 saturated carbocycles. The van der Waals surface area contributed by atoms with Crippen molar-refractivity contribution >= 4 is 15.7 Å². The quantitative estimate of drug-likeness (QED) is 0.773. The summed E-state index contributed by atoms with van der Waals surface area (Å²) in [5.74, 6) is -0.900. The van der Waals surface area contributed by atoms with E-state index in [4.69, 9.17) is 4.74 Å². The molecule has 0 spiro atoms. The van der Waals surface area contributed by atoms with Crippen LogP contribution in [0.2, 0.25) is 0 Å². The van der Waals surface area contributed by atoms with Gasteiger partial charge in [0.05, 0.1) is 17.6 Å². The topological polar surface area (TPSA) is 63.7 Å². The molecule has 2 aromatic rings. The molecule has 1 saturated heterocycles. The Morgan fingerprint density at radius 2 is 1.75 bits per heavy atom. The van der Waals surface area contributed by atoms with E-state index in [0.717, 1.165) is 11.1 Å². The summed E-state index contributed by atoms with van der Waals surface area (Å²) in [5.41, 5.74) is 2.34. The van der Waals surface area contributed by atoms with Crippen LogP contribution in [0.1, 0.15) is 28.4 Å². The zero-order valence-electron chi connectivity index (χ0n) is 15.4. The average Bonchev–Trinajstić information content (AvgIpc) is 2.85. The second kappa shape index (κ2) is 7.64. The molecule has 0 unspecified atom stereocenters. The first-order chi connectivity index (χ1) is 13.5. The Bertz CT molecular complexity index is 991. The Balaban J connectivity index is 1.51. The summed E-state index contributed by atoms with van der Waals surface area (Å²) in [4.78, 5) is 14.5. The molecule has 148 valence electrons. The second-order valence-corrected chi connectivity index (χ2v) is 9.57. The van der Waals surface area contributed by atoms with Crippen LogP contribution < -0.4 is 0 Å². The molecule has 2 heterocycles. The normalized spacial score (nSPS) is 24.2. The lowest BCUT2D eigenvalue weighted by Crippen LogP contribution is -2.44. The van der Waals surface area contributed by atoms with Gasteiger partial charge in [0.2, 0.25) is 0 Å². The predicted molar refractivity (Wildman–Crippen MR) is 103 cm³/mol. The van der Waals surface area contributed by atoms with Crippen LogP contribution in [0.3, 0.4) is 0 Å². The molecule has 7 heteroatoms. The van der Waals surface area contributed by atoms with Gasteiger partial charge in [-0.2, -0.15) is 0 Å². The number of fused-ring (bicyclic) bond motifs is 1. The Hall–Kier alpha value is -2.25. The molecule has 2 atom stereocenters. The van der Waals surface area contributed by atoms with E-state index in [1.54, 1.807) is 11.0 Å². The van der Waals surface area contributed by atoms with Gasteiger partial charge in [-0.1, -0.05) is 42.5 Å². The van der Waals surface area contributed by atoms with Gasteiger partial charge in [0.15, 0.2) is 9.84 Å². The molecule has 28 heavy (non-hydrogen) atoms. The number of carbonyl (C=O) groups is 1. The molecule has 2 aliphatic heterocycles. The summed E-state index contributed by atoms with van der Waals surface area (Å²) in [6.45, 7) is 0.739. The maximum atomic E-state index is 14.2. The van der Waals surface area contributed by atoms with Crippen LogP contribution >= 0.6 is 0 Å². The molecular formula is C21H22FNO4S. The zero-order valence-corrected chi connectivity index (χ0v) is 16.2. The maximum Gasteiger partial charge on any atom is 0.252 e. The summed E-state index contributed by atoms with van der Waals surface area (Å²) in [7, 11) is -3.56. The van der Waals surface area contributed by atoms with E-state index in [0.29, 0.717) is 13.0 Å². The van der Waals surface area contributed by atoms with Crippen molar-refractivity contribution in [3.63, 3.8) is 0 Å². The van der Waals surface area contributed by atoms with Crippen molar-refractivity contribution in [3.8, 4) is 0 Å². The van der Waals surface area contributed by atoms with Gasteiger partial charge in [0, 0.05) is 25.1 Å². The van der Waals surface area contributed by atoms with E-state index >= 15 is 0 Å². The van der Waals surface area contributed by atoms with Crippen molar-refractivity contribution in [2.45, 2.75) is 30.8 Å². The van der Waals surface area contributed by atoms with Gasteiger partial charge in [0.25, 0.3) is 5.91 Å². The van der Waals surface area contributed by atoms with Gasteiger partial charge in [0.1, 0.15) is 11.9 Å². The fourth-order valence-corrected chi connectivity index (χ4v) is 5.76. The first kappa shape index (κ1) is 19.1. The smallest absolute Gasteiger partial charge is 0.252 e. The fourth-order valence-electron chi connectivity index (χ4n) is 3.96. The van der Waals surface area contributed by atoms with Crippen LogP contribution in [0.25, 0.3) is 0 Å². The molecule has 0 aliphatic carbocycles. The molecule has 5 nitrogen and oxygen atoms in total. The number of sulfone groups is 1. The molecule has 2 aliphatic rings. The lowest BCUT2D eigenvalue weighted by atomic mass is 9.98. The van der Waals surface area contributed by atoms with Crippen LogP contribution in [-0.4, -0.2) is 44.2 Å². The number of halogens is 1. The largest absolute Gasteiger partial charge is 0.363 e. The minimum Gasteiger partial charge on any atom is -0.363 e. The number of benzene rings is 2. The fraction of sp³-hybridized carbons (Fsp3) is 0.381. The highest BCUT2D eigenvalue weighted by Crippen LogP contribution is 2.31. The van der Waals surface area contributed by atoms with Crippen molar-refractivity contribution in [2.24, 2.45) is 0 Å². The van der Waals surface area contributed by atoms with E-state index in [1.165, 1.54) is 18.2 Å². The summed E-state index contributed by atoms with van der Waals surface area (Å²) in [6.07, 6.45) is 0.0513. The van der Waals surface area contributed by atoms with Crippen molar-refractivity contribution < 1.29 is 22.3 Å². The molecule has 1 amide bonds. The Morgan fingerprint density at radius 1 is 1.04 bits per heavy atom. The molecule has 0 N–H and O–H groups in total. The third-order valence-electron chi connectivity index (χ3n) is 5.54. The molecule has 0 aromatic heterocycles. The van der Waals surface area contributed by atoms with Crippen LogP contribution in [0.15, 0.2) is 48.5 Å². The number of hydrogen-bond acceptors (Lipinski definition) is 4. The van der Waals surface area contributed by atoms with Crippen LogP contribution in [-0.2, 0) is 32.4 Å². The minimum atomic E-state index is -3.56. The monoisotopic (exact) mass is 403 g/mol. The highest BCUT2D eigenvalue weighted by molar-refractivity contribution is 7.91. The van der Waals surface area contributed by atoms with Crippen molar-refractivity contribution in [1.29, 1.82) is 0 Å². The predicted octanol–water partition coefficient (Wildman–Crippen LogP) is 2.66.